The molecule has 1 aromatic carbocycles. The highest BCUT2D eigenvalue weighted by molar-refractivity contribution is 5.95. The zero-order valence-electron chi connectivity index (χ0n) is 12.0. The summed E-state index contributed by atoms with van der Waals surface area (Å²) in [6.07, 6.45) is 6.02. The van der Waals surface area contributed by atoms with Crippen LogP contribution in [-0.2, 0) is 6.42 Å². The SMILES string of the molecule is CCCC1(CNC(=O)c2ccc3c(c2)CCN3)CC1.Cl. The predicted octanol–water partition coefficient (Wildman–Crippen LogP) is 3.39. The Labute approximate surface area is 126 Å². The first-order chi connectivity index (χ1) is 9.22. The minimum Gasteiger partial charge on any atom is -0.384 e. The van der Waals surface area contributed by atoms with Crippen LogP contribution in [0.2, 0.25) is 0 Å². The summed E-state index contributed by atoms with van der Waals surface area (Å²) in [6.45, 7) is 4.05. The molecule has 1 amide bonds. The third kappa shape index (κ3) is 3.09. The number of benzene rings is 1. The van der Waals surface area contributed by atoms with Gasteiger partial charge in [0.05, 0.1) is 0 Å². The van der Waals surface area contributed by atoms with Crippen LogP contribution in [0.25, 0.3) is 0 Å². The second kappa shape index (κ2) is 6.04. The van der Waals surface area contributed by atoms with E-state index in [1.807, 2.05) is 18.2 Å². The summed E-state index contributed by atoms with van der Waals surface area (Å²) in [5.41, 5.74) is 3.67. The van der Waals surface area contributed by atoms with Crippen LogP contribution in [0, 0.1) is 5.41 Å². The molecule has 0 unspecified atom stereocenters. The number of hydrogen-bond acceptors (Lipinski definition) is 2. The quantitative estimate of drug-likeness (QED) is 0.874. The Kier molecular flexibility index (Phi) is 4.59. The lowest BCUT2D eigenvalue weighted by Gasteiger charge is -2.15. The summed E-state index contributed by atoms with van der Waals surface area (Å²) < 4.78 is 0. The lowest BCUT2D eigenvalue weighted by Crippen LogP contribution is -2.30. The minimum absolute atomic E-state index is 0. The Bertz CT molecular complexity index is 497. The molecular weight excluding hydrogens is 272 g/mol. The van der Waals surface area contributed by atoms with Gasteiger partial charge in [-0.05, 0) is 54.9 Å². The summed E-state index contributed by atoms with van der Waals surface area (Å²) in [5, 5.41) is 6.44. The van der Waals surface area contributed by atoms with Crippen molar-refractivity contribution in [2.75, 3.05) is 18.4 Å². The molecule has 2 N–H and O–H groups in total. The fraction of sp³-hybridized carbons (Fsp3) is 0.562. The molecule has 3 rings (SSSR count). The first-order valence-electron chi connectivity index (χ1n) is 7.37. The fourth-order valence-corrected chi connectivity index (χ4v) is 3.04. The maximum atomic E-state index is 12.2. The number of amides is 1. The van der Waals surface area contributed by atoms with Crippen LogP contribution in [0.4, 0.5) is 5.69 Å². The normalized spacial score (nSPS) is 17.6. The molecule has 1 aromatic rings. The van der Waals surface area contributed by atoms with Crippen molar-refractivity contribution in [3.05, 3.63) is 29.3 Å². The van der Waals surface area contributed by atoms with Gasteiger partial charge in [-0.1, -0.05) is 13.3 Å². The molecule has 1 saturated carbocycles. The number of anilines is 1. The van der Waals surface area contributed by atoms with Gasteiger partial charge in [0.2, 0.25) is 0 Å². The van der Waals surface area contributed by atoms with E-state index in [-0.39, 0.29) is 18.3 Å². The van der Waals surface area contributed by atoms with E-state index in [4.69, 9.17) is 0 Å². The van der Waals surface area contributed by atoms with E-state index < -0.39 is 0 Å². The van der Waals surface area contributed by atoms with Crippen molar-refractivity contribution in [1.29, 1.82) is 0 Å². The molecule has 4 heteroatoms. The Hall–Kier alpha value is -1.22. The monoisotopic (exact) mass is 294 g/mol. The lowest BCUT2D eigenvalue weighted by molar-refractivity contribution is 0.0943. The highest BCUT2D eigenvalue weighted by Crippen LogP contribution is 2.48. The molecule has 0 radical (unpaired) electrons. The van der Waals surface area contributed by atoms with Crippen molar-refractivity contribution >= 4 is 24.0 Å². The van der Waals surface area contributed by atoms with Crippen LogP contribution >= 0.6 is 12.4 Å². The number of hydrogen-bond donors (Lipinski definition) is 2. The molecule has 1 heterocycles. The van der Waals surface area contributed by atoms with Gasteiger partial charge in [-0.3, -0.25) is 4.79 Å². The van der Waals surface area contributed by atoms with Crippen molar-refractivity contribution in [3.63, 3.8) is 0 Å². The van der Waals surface area contributed by atoms with Crippen LogP contribution in [0.15, 0.2) is 18.2 Å². The van der Waals surface area contributed by atoms with Gasteiger partial charge in [0.15, 0.2) is 0 Å². The topological polar surface area (TPSA) is 41.1 Å². The molecule has 110 valence electrons. The molecule has 0 saturated heterocycles. The number of carbonyl (C=O) groups excluding carboxylic acids is 1. The Balaban J connectivity index is 0.00000147. The van der Waals surface area contributed by atoms with E-state index in [0.29, 0.717) is 5.41 Å². The van der Waals surface area contributed by atoms with Gasteiger partial charge in [-0.2, -0.15) is 0 Å². The molecule has 20 heavy (non-hydrogen) atoms. The Morgan fingerprint density at radius 1 is 1.40 bits per heavy atom. The molecule has 1 aliphatic heterocycles. The van der Waals surface area contributed by atoms with Gasteiger partial charge in [0, 0.05) is 24.3 Å². The molecule has 2 aliphatic rings. The Morgan fingerprint density at radius 2 is 2.20 bits per heavy atom. The fourth-order valence-electron chi connectivity index (χ4n) is 3.04. The Morgan fingerprint density at radius 3 is 2.90 bits per heavy atom. The third-order valence-corrected chi connectivity index (χ3v) is 4.44. The average molecular weight is 295 g/mol. The van der Waals surface area contributed by atoms with Gasteiger partial charge in [-0.15, -0.1) is 12.4 Å². The van der Waals surface area contributed by atoms with Gasteiger partial charge >= 0.3 is 0 Å². The van der Waals surface area contributed by atoms with Crippen molar-refractivity contribution in [3.8, 4) is 0 Å². The summed E-state index contributed by atoms with van der Waals surface area (Å²) in [4.78, 5) is 12.2. The molecule has 1 fully saturated rings. The summed E-state index contributed by atoms with van der Waals surface area (Å²) in [5.74, 6) is 0.0806. The highest BCUT2D eigenvalue weighted by Gasteiger charge is 2.41. The van der Waals surface area contributed by atoms with Gasteiger partial charge in [-0.25, -0.2) is 0 Å². The van der Waals surface area contributed by atoms with Crippen molar-refractivity contribution in [2.45, 2.75) is 39.0 Å². The second-order valence-corrected chi connectivity index (χ2v) is 5.98. The van der Waals surface area contributed by atoms with Crippen LogP contribution in [-0.4, -0.2) is 19.0 Å². The highest BCUT2D eigenvalue weighted by atomic mass is 35.5. The summed E-state index contributed by atoms with van der Waals surface area (Å²) in [6, 6.07) is 5.98. The second-order valence-electron chi connectivity index (χ2n) is 5.98. The lowest BCUT2D eigenvalue weighted by atomic mass is 10.0. The molecular formula is C16H23ClN2O. The molecule has 3 nitrogen and oxygen atoms in total. The first-order valence-corrected chi connectivity index (χ1v) is 7.37. The average Bonchev–Trinajstić information content (AvgIpc) is 3.02. The molecule has 0 atom stereocenters. The van der Waals surface area contributed by atoms with Crippen molar-refractivity contribution in [2.24, 2.45) is 5.41 Å². The maximum absolute atomic E-state index is 12.2. The zero-order valence-corrected chi connectivity index (χ0v) is 12.8. The minimum atomic E-state index is 0. The van der Waals surface area contributed by atoms with Gasteiger partial charge < -0.3 is 10.6 Å². The van der Waals surface area contributed by atoms with Crippen LogP contribution in [0.5, 0.6) is 0 Å². The van der Waals surface area contributed by atoms with E-state index in [1.165, 1.54) is 36.9 Å². The zero-order chi connectivity index (χ0) is 13.3. The van der Waals surface area contributed by atoms with E-state index >= 15 is 0 Å². The van der Waals surface area contributed by atoms with Crippen molar-refractivity contribution in [1.82, 2.24) is 5.32 Å². The standard InChI is InChI=1S/C16H22N2O.ClH/c1-2-6-16(7-8-16)11-18-15(19)13-3-4-14-12(10-13)5-9-17-14;/h3-4,10,17H,2,5-9,11H2,1H3,(H,18,19);1H. The molecule has 0 spiro atoms. The van der Waals surface area contributed by atoms with Crippen LogP contribution in [0.1, 0.15) is 48.5 Å². The summed E-state index contributed by atoms with van der Waals surface area (Å²) >= 11 is 0. The molecule has 1 aliphatic carbocycles. The number of carbonyl (C=O) groups is 1. The maximum Gasteiger partial charge on any atom is 0.251 e. The summed E-state index contributed by atoms with van der Waals surface area (Å²) in [7, 11) is 0. The van der Waals surface area contributed by atoms with E-state index in [0.717, 1.165) is 25.1 Å². The number of nitrogens with one attached hydrogen (secondary N) is 2. The number of rotatable bonds is 5. The van der Waals surface area contributed by atoms with E-state index in [1.54, 1.807) is 0 Å². The number of fused-ring (bicyclic) bond motifs is 1. The van der Waals surface area contributed by atoms with Crippen LogP contribution in [0.3, 0.4) is 0 Å². The third-order valence-electron chi connectivity index (χ3n) is 4.44. The van der Waals surface area contributed by atoms with Gasteiger partial charge in [0.1, 0.15) is 0 Å². The number of halogens is 1. The largest absolute Gasteiger partial charge is 0.384 e. The van der Waals surface area contributed by atoms with E-state index in [9.17, 15) is 4.79 Å². The van der Waals surface area contributed by atoms with Gasteiger partial charge in [0.25, 0.3) is 5.91 Å². The predicted molar refractivity (Wildman–Crippen MR) is 84.8 cm³/mol. The van der Waals surface area contributed by atoms with E-state index in [2.05, 4.69) is 17.6 Å². The first kappa shape index (κ1) is 15.2. The van der Waals surface area contributed by atoms with Crippen LogP contribution < -0.4 is 10.6 Å². The molecule has 0 bridgehead atoms. The van der Waals surface area contributed by atoms with Crippen molar-refractivity contribution < 1.29 is 4.79 Å². The smallest absolute Gasteiger partial charge is 0.251 e. The molecule has 0 aromatic heterocycles.